The first-order valence-corrected chi connectivity index (χ1v) is 9.06. The van der Waals surface area contributed by atoms with E-state index in [1.807, 2.05) is 7.05 Å². The van der Waals surface area contributed by atoms with Gasteiger partial charge >= 0.3 is 0 Å². The van der Waals surface area contributed by atoms with Gasteiger partial charge in [0.05, 0.1) is 24.2 Å². The van der Waals surface area contributed by atoms with Crippen molar-refractivity contribution in [1.29, 1.82) is 0 Å². The van der Waals surface area contributed by atoms with Crippen LogP contribution in [0.1, 0.15) is 43.4 Å². The first-order valence-electron chi connectivity index (χ1n) is 7.45. The number of hydrogen-bond acceptors (Lipinski definition) is 3. The molecule has 20 heavy (non-hydrogen) atoms. The molecule has 4 rings (SSSR count). The highest BCUT2D eigenvalue weighted by molar-refractivity contribution is 7.89. The summed E-state index contributed by atoms with van der Waals surface area (Å²) in [6.07, 6.45) is 8.04. The van der Waals surface area contributed by atoms with Gasteiger partial charge in [-0.1, -0.05) is 6.42 Å². The zero-order valence-corrected chi connectivity index (χ0v) is 12.7. The molecule has 0 atom stereocenters. The molecule has 0 radical (unpaired) electrons. The molecule has 0 aromatic carbocycles. The van der Waals surface area contributed by atoms with Crippen LogP contribution in [0, 0.1) is 11.3 Å². The van der Waals surface area contributed by atoms with Gasteiger partial charge in [-0.15, -0.1) is 0 Å². The van der Waals surface area contributed by atoms with E-state index in [4.69, 9.17) is 0 Å². The largest absolute Gasteiger partial charge is 0.271 e. The Balaban J connectivity index is 1.41. The van der Waals surface area contributed by atoms with Gasteiger partial charge in [-0.05, 0) is 37.0 Å². The molecule has 6 heteroatoms. The van der Waals surface area contributed by atoms with Gasteiger partial charge in [0.25, 0.3) is 0 Å². The molecule has 1 aromatic rings. The summed E-state index contributed by atoms with van der Waals surface area (Å²) in [5, 5.41) is 4.18. The number of aryl methyl sites for hydroxylation is 1. The van der Waals surface area contributed by atoms with E-state index in [1.165, 1.54) is 19.3 Å². The Kier molecular flexibility index (Phi) is 2.61. The summed E-state index contributed by atoms with van der Waals surface area (Å²) < 4.78 is 28.5. The second-order valence-electron chi connectivity index (χ2n) is 6.91. The zero-order chi connectivity index (χ0) is 14.0. The fourth-order valence-electron chi connectivity index (χ4n) is 4.23. The lowest BCUT2D eigenvalue weighted by molar-refractivity contribution is -0.0151. The Hall–Kier alpha value is -0.880. The summed E-state index contributed by atoms with van der Waals surface area (Å²) in [7, 11) is -1.24. The lowest BCUT2D eigenvalue weighted by Gasteiger charge is -2.54. The molecule has 1 aromatic heterocycles. The van der Waals surface area contributed by atoms with E-state index >= 15 is 0 Å². The Bertz CT molecular complexity index is 637. The SMILES string of the molecule is Cn1ncc2c1CN(S(=O)(=O)CC1CC3(CCC3)C1)C2. The van der Waals surface area contributed by atoms with Crippen molar-refractivity contribution in [1.82, 2.24) is 14.1 Å². The van der Waals surface area contributed by atoms with Crippen LogP contribution in [-0.4, -0.2) is 28.3 Å². The van der Waals surface area contributed by atoms with Crippen molar-refractivity contribution in [3.8, 4) is 0 Å². The normalized spacial score (nSPS) is 25.4. The number of hydrogen-bond donors (Lipinski definition) is 0. The van der Waals surface area contributed by atoms with Crippen LogP contribution in [0.4, 0.5) is 0 Å². The van der Waals surface area contributed by atoms with E-state index < -0.39 is 10.0 Å². The second-order valence-corrected chi connectivity index (χ2v) is 8.93. The van der Waals surface area contributed by atoms with E-state index in [0.29, 0.717) is 30.2 Å². The molecule has 5 nitrogen and oxygen atoms in total. The molecule has 0 amide bonds. The summed E-state index contributed by atoms with van der Waals surface area (Å²) in [6.45, 7) is 0.995. The topological polar surface area (TPSA) is 55.2 Å². The van der Waals surface area contributed by atoms with Gasteiger partial charge in [-0.3, -0.25) is 4.68 Å². The standard InChI is InChI=1S/C14H21N3O2S/c1-16-13-9-17(8-12(13)7-15-16)20(18,19)10-11-5-14(6-11)3-2-4-14/h7,11H,2-6,8-10H2,1H3. The van der Waals surface area contributed by atoms with E-state index in [1.54, 1.807) is 15.2 Å². The van der Waals surface area contributed by atoms with Crippen molar-refractivity contribution in [2.75, 3.05) is 5.75 Å². The molecule has 0 N–H and O–H groups in total. The molecule has 0 saturated heterocycles. The predicted molar refractivity (Wildman–Crippen MR) is 75.2 cm³/mol. The quantitative estimate of drug-likeness (QED) is 0.852. The van der Waals surface area contributed by atoms with Gasteiger partial charge in [-0.2, -0.15) is 9.40 Å². The number of rotatable bonds is 3. The number of aromatic nitrogens is 2. The third-order valence-corrected chi connectivity index (χ3v) is 7.46. The van der Waals surface area contributed by atoms with Gasteiger partial charge < -0.3 is 0 Å². The molecular formula is C14H21N3O2S. The summed E-state index contributed by atoms with van der Waals surface area (Å²) in [6, 6.07) is 0. The third-order valence-electron chi connectivity index (χ3n) is 5.52. The van der Waals surface area contributed by atoms with Crippen LogP contribution < -0.4 is 0 Å². The Labute approximate surface area is 120 Å². The minimum absolute atomic E-state index is 0.343. The maximum atomic E-state index is 12.5. The monoisotopic (exact) mass is 295 g/mol. The predicted octanol–water partition coefficient (Wildman–Crippen LogP) is 1.65. The summed E-state index contributed by atoms with van der Waals surface area (Å²) in [5.41, 5.74) is 2.65. The average molecular weight is 295 g/mol. The van der Waals surface area contributed by atoms with Crippen LogP contribution in [-0.2, 0) is 30.2 Å². The van der Waals surface area contributed by atoms with Gasteiger partial charge in [0.15, 0.2) is 0 Å². The summed E-state index contributed by atoms with van der Waals surface area (Å²) in [5.74, 6) is 0.734. The van der Waals surface area contributed by atoms with Crippen molar-refractivity contribution < 1.29 is 8.42 Å². The fourth-order valence-corrected chi connectivity index (χ4v) is 5.92. The molecule has 2 fully saturated rings. The van der Waals surface area contributed by atoms with Crippen molar-refractivity contribution in [3.05, 3.63) is 17.5 Å². The lowest BCUT2D eigenvalue weighted by atomic mass is 9.52. The Morgan fingerprint density at radius 2 is 2.10 bits per heavy atom. The smallest absolute Gasteiger partial charge is 0.215 e. The molecule has 0 bridgehead atoms. The van der Waals surface area contributed by atoms with Gasteiger partial charge in [0.2, 0.25) is 10.0 Å². The number of sulfonamides is 1. The van der Waals surface area contributed by atoms with Crippen molar-refractivity contribution >= 4 is 10.0 Å². The third kappa shape index (κ3) is 1.84. The number of nitrogens with zero attached hydrogens (tertiary/aromatic N) is 3. The first-order chi connectivity index (χ1) is 9.47. The molecule has 110 valence electrons. The minimum Gasteiger partial charge on any atom is -0.271 e. The molecule has 3 aliphatic rings. The molecule has 1 spiro atoms. The van der Waals surface area contributed by atoms with E-state index in [9.17, 15) is 8.42 Å². The van der Waals surface area contributed by atoms with E-state index in [2.05, 4.69) is 5.10 Å². The lowest BCUT2D eigenvalue weighted by Crippen LogP contribution is -2.46. The minimum atomic E-state index is -3.12. The molecule has 0 unspecified atom stereocenters. The van der Waals surface area contributed by atoms with Gasteiger partial charge in [0.1, 0.15) is 0 Å². The van der Waals surface area contributed by atoms with Crippen molar-refractivity contribution in [3.63, 3.8) is 0 Å². The Morgan fingerprint density at radius 1 is 1.35 bits per heavy atom. The zero-order valence-electron chi connectivity index (χ0n) is 11.9. The highest BCUT2D eigenvalue weighted by atomic mass is 32.2. The maximum Gasteiger partial charge on any atom is 0.215 e. The molecule has 2 aliphatic carbocycles. The van der Waals surface area contributed by atoms with Crippen LogP contribution in [0.2, 0.25) is 0 Å². The number of fused-ring (bicyclic) bond motifs is 1. The fraction of sp³-hybridized carbons (Fsp3) is 0.786. The molecule has 1 aliphatic heterocycles. The first kappa shape index (κ1) is 12.8. The van der Waals surface area contributed by atoms with E-state index in [-0.39, 0.29) is 0 Å². The van der Waals surface area contributed by atoms with Crippen molar-refractivity contribution in [2.24, 2.45) is 18.4 Å². The highest BCUT2D eigenvalue weighted by Crippen LogP contribution is 2.58. The summed E-state index contributed by atoms with van der Waals surface area (Å²) >= 11 is 0. The van der Waals surface area contributed by atoms with Crippen LogP contribution in [0.25, 0.3) is 0 Å². The van der Waals surface area contributed by atoms with Crippen molar-refractivity contribution in [2.45, 2.75) is 45.2 Å². The van der Waals surface area contributed by atoms with Crippen LogP contribution >= 0.6 is 0 Å². The van der Waals surface area contributed by atoms with Crippen LogP contribution in [0.15, 0.2) is 6.20 Å². The second kappa shape index (κ2) is 4.07. The van der Waals surface area contributed by atoms with Gasteiger partial charge in [-0.25, -0.2) is 8.42 Å². The maximum absolute atomic E-state index is 12.5. The molecule has 2 heterocycles. The average Bonchev–Trinajstić information content (AvgIpc) is 2.84. The van der Waals surface area contributed by atoms with Gasteiger partial charge in [0, 0.05) is 19.2 Å². The molecule has 2 saturated carbocycles. The summed E-state index contributed by atoms with van der Waals surface area (Å²) in [4.78, 5) is 0. The highest BCUT2D eigenvalue weighted by Gasteiger charge is 2.49. The van der Waals surface area contributed by atoms with Crippen LogP contribution in [0.5, 0.6) is 0 Å². The Morgan fingerprint density at radius 3 is 2.70 bits per heavy atom. The van der Waals surface area contributed by atoms with Crippen LogP contribution in [0.3, 0.4) is 0 Å². The van der Waals surface area contributed by atoms with E-state index in [0.717, 1.165) is 24.1 Å². The molecular weight excluding hydrogens is 274 g/mol.